The molecule has 0 saturated carbocycles. The molecular formula is C22H20N4O3S. The summed E-state index contributed by atoms with van der Waals surface area (Å²) in [6.07, 6.45) is 1.51. The number of aryl methyl sites for hydroxylation is 1. The van der Waals surface area contributed by atoms with Gasteiger partial charge in [0.25, 0.3) is 0 Å². The Labute approximate surface area is 177 Å². The second kappa shape index (κ2) is 8.54. The molecule has 7 nitrogen and oxygen atoms in total. The summed E-state index contributed by atoms with van der Waals surface area (Å²) in [7, 11) is 0. The second-order valence-corrected chi connectivity index (χ2v) is 7.64. The van der Waals surface area contributed by atoms with Crippen LogP contribution in [0.2, 0.25) is 0 Å². The van der Waals surface area contributed by atoms with Crippen molar-refractivity contribution in [1.29, 1.82) is 0 Å². The van der Waals surface area contributed by atoms with E-state index in [-0.39, 0.29) is 18.3 Å². The van der Waals surface area contributed by atoms with Crippen LogP contribution in [0, 0.1) is 6.92 Å². The predicted molar refractivity (Wildman–Crippen MR) is 118 cm³/mol. The summed E-state index contributed by atoms with van der Waals surface area (Å²) in [6.45, 7) is 4.04. The van der Waals surface area contributed by atoms with Crippen molar-refractivity contribution in [2.75, 3.05) is 17.7 Å². The molecular weight excluding hydrogens is 400 g/mol. The van der Waals surface area contributed by atoms with Crippen LogP contribution in [0.3, 0.4) is 0 Å². The van der Waals surface area contributed by atoms with E-state index >= 15 is 0 Å². The number of benzene rings is 2. The fourth-order valence-electron chi connectivity index (χ4n) is 3.19. The third kappa shape index (κ3) is 3.99. The number of nitrogens with one attached hydrogen (secondary N) is 2. The molecule has 2 aromatic heterocycles. The van der Waals surface area contributed by atoms with E-state index in [1.165, 1.54) is 18.1 Å². The van der Waals surface area contributed by atoms with Gasteiger partial charge >= 0.3 is 5.97 Å². The molecule has 0 aliphatic rings. The van der Waals surface area contributed by atoms with Crippen LogP contribution >= 0.6 is 11.8 Å². The standard InChI is InChI=1S/C22H20N4O3S/c1-3-29-22(28)14-6-4-5-7-16(14)25-18(27)11-30-21-20-19(23-12-24-21)15-10-13(2)8-9-17(15)26-20/h4-10,12,26H,3,11H2,1-2H3,(H,25,27). The maximum Gasteiger partial charge on any atom is 0.340 e. The quantitative estimate of drug-likeness (QED) is 0.274. The highest BCUT2D eigenvalue weighted by atomic mass is 32.2. The van der Waals surface area contributed by atoms with Gasteiger partial charge in [0, 0.05) is 10.9 Å². The van der Waals surface area contributed by atoms with Crippen molar-refractivity contribution in [3.05, 3.63) is 59.9 Å². The minimum Gasteiger partial charge on any atom is -0.462 e. The van der Waals surface area contributed by atoms with Crippen LogP contribution in [0.15, 0.2) is 53.8 Å². The van der Waals surface area contributed by atoms with Gasteiger partial charge in [0.05, 0.1) is 29.1 Å². The normalized spacial score (nSPS) is 11.0. The third-order valence-corrected chi connectivity index (χ3v) is 5.53. The molecule has 0 bridgehead atoms. The predicted octanol–water partition coefficient (Wildman–Crippen LogP) is 4.33. The van der Waals surface area contributed by atoms with E-state index in [1.54, 1.807) is 31.2 Å². The fraction of sp³-hybridized carbons (Fsp3) is 0.182. The zero-order valence-electron chi connectivity index (χ0n) is 16.6. The summed E-state index contributed by atoms with van der Waals surface area (Å²) < 4.78 is 5.05. The number of esters is 1. The fourth-order valence-corrected chi connectivity index (χ4v) is 3.95. The number of hydrogen-bond acceptors (Lipinski definition) is 6. The van der Waals surface area contributed by atoms with Gasteiger partial charge in [0.1, 0.15) is 16.9 Å². The molecule has 0 saturated heterocycles. The summed E-state index contributed by atoms with van der Waals surface area (Å²) >= 11 is 1.31. The molecule has 2 aromatic carbocycles. The van der Waals surface area contributed by atoms with Gasteiger partial charge in [0.15, 0.2) is 0 Å². The molecule has 0 fully saturated rings. The summed E-state index contributed by atoms with van der Waals surface area (Å²) in [4.78, 5) is 36.7. The lowest BCUT2D eigenvalue weighted by Crippen LogP contribution is -2.17. The topological polar surface area (TPSA) is 97.0 Å². The van der Waals surface area contributed by atoms with E-state index in [1.807, 2.05) is 19.1 Å². The van der Waals surface area contributed by atoms with Crippen LogP contribution in [-0.2, 0) is 9.53 Å². The first kappa shape index (κ1) is 19.9. The number of para-hydroxylation sites is 1. The lowest BCUT2D eigenvalue weighted by atomic mass is 10.2. The number of anilines is 1. The third-order valence-electron chi connectivity index (χ3n) is 4.54. The molecule has 2 N–H and O–H groups in total. The molecule has 4 rings (SSSR count). The van der Waals surface area contributed by atoms with Gasteiger partial charge in [-0.05, 0) is 38.1 Å². The van der Waals surface area contributed by atoms with Crippen LogP contribution < -0.4 is 5.32 Å². The first-order chi connectivity index (χ1) is 14.6. The Morgan fingerprint density at radius 2 is 2.00 bits per heavy atom. The Bertz CT molecular complexity index is 1250. The van der Waals surface area contributed by atoms with E-state index < -0.39 is 5.97 Å². The Morgan fingerprint density at radius 3 is 2.83 bits per heavy atom. The number of H-pyrrole nitrogens is 1. The lowest BCUT2D eigenvalue weighted by molar-refractivity contribution is -0.113. The number of rotatable bonds is 6. The number of carbonyl (C=O) groups excluding carboxylic acids is 2. The minimum atomic E-state index is -0.466. The molecule has 0 aliphatic carbocycles. The van der Waals surface area contributed by atoms with Crippen molar-refractivity contribution >= 4 is 51.3 Å². The molecule has 0 unspecified atom stereocenters. The maximum atomic E-state index is 12.5. The number of nitrogens with zero attached hydrogens (tertiary/aromatic N) is 2. The van der Waals surface area contributed by atoms with Crippen molar-refractivity contribution < 1.29 is 14.3 Å². The Morgan fingerprint density at radius 1 is 1.17 bits per heavy atom. The Kier molecular flexibility index (Phi) is 5.67. The number of thioether (sulfide) groups is 1. The molecule has 8 heteroatoms. The first-order valence-electron chi connectivity index (χ1n) is 9.48. The van der Waals surface area contributed by atoms with Crippen LogP contribution in [-0.4, -0.2) is 39.2 Å². The van der Waals surface area contributed by atoms with Gasteiger partial charge in [-0.1, -0.05) is 35.5 Å². The number of amides is 1. The second-order valence-electron chi connectivity index (χ2n) is 6.68. The van der Waals surface area contributed by atoms with E-state index in [0.717, 1.165) is 27.5 Å². The highest BCUT2D eigenvalue weighted by molar-refractivity contribution is 8.00. The summed E-state index contributed by atoms with van der Waals surface area (Å²) in [5.74, 6) is -0.570. The average Bonchev–Trinajstić information content (AvgIpc) is 3.11. The summed E-state index contributed by atoms with van der Waals surface area (Å²) in [5, 5.41) is 4.51. The maximum absolute atomic E-state index is 12.5. The zero-order chi connectivity index (χ0) is 21.1. The average molecular weight is 420 g/mol. The largest absolute Gasteiger partial charge is 0.462 e. The van der Waals surface area contributed by atoms with Crippen LogP contribution in [0.25, 0.3) is 21.9 Å². The molecule has 0 radical (unpaired) electrons. The molecule has 1 amide bonds. The van der Waals surface area contributed by atoms with E-state index in [0.29, 0.717) is 16.3 Å². The summed E-state index contributed by atoms with van der Waals surface area (Å²) in [6, 6.07) is 12.9. The number of hydrogen-bond donors (Lipinski definition) is 2. The van der Waals surface area contributed by atoms with Crippen molar-refractivity contribution in [3.63, 3.8) is 0 Å². The molecule has 0 atom stereocenters. The van der Waals surface area contributed by atoms with Crippen molar-refractivity contribution in [2.24, 2.45) is 0 Å². The van der Waals surface area contributed by atoms with Gasteiger partial charge in [-0.3, -0.25) is 4.79 Å². The number of carbonyl (C=O) groups is 2. The lowest BCUT2D eigenvalue weighted by Gasteiger charge is -2.10. The minimum absolute atomic E-state index is 0.137. The zero-order valence-corrected chi connectivity index (χ0v) is 17.4. The Hall–Kier alpha value is -3.39. The van der Waals surface area contributed by atoms with Gasteiger partial charge in [-0.25, -0.2) is 14.8 Å². The number of aromatic nitrogens is 3. The number of aromatic amines is 1. The van der Waals surface area contributed by atoms with E-state index in [4.69, 9.17) is 4.74 Å². The Balaban J connectivity index is 1.52. The van der Waals surface area contributed by atoms with Crippen molar-refractivity contribution in [1.82, 2.24) is 15.0 Å². The van der Waals surface area contributed by atoms with Crippen LogP contribution in [0.1, 0.15) is 22.8 Å². The summed E-state index contributed by atoms with van der Waals surface area (Å²) in [5.41, 5.74) is 4.52. The van der Waals surface area contributed by atoms with Crippen LogP contribution in [0.4, 0.5) is 5.69 Å². The first-order valence-corrected chi connectivity index (χ1v) is 10.5. The highest BCUT2D eigenvalue weighted by Crippen LogP contribution is 2.30. The number of ether oxygens (including phenoxy) is 1. The van der Waals surface area contributed by atoms with Crippen LogP contribution in [0.5, 0.6) is 0 Å². The van der Waals surface area contributed by atoms with Gasteiger partial charge in [0.2, 0.25) is 5.91 Å². The molecule has 0 spiro atoms. The smallest absolute Gasteiger partial charge is 0.340 e. The molecule has 0 aliphatic heterocycles. The monoisotopic (exact) mass is 420 g/mol. The van der Waals surface area contributed by atoms with Gasteiger partial charge < -0.3 is 15.0 Å². The van der Waals surface area contributed by atoms with Crippen molar-refractivity contribution in [3.8, 4) is 0 Å². The SMILES string of the molecule is CCOC(=O)c1ccccc1NC(=O)CSc1ncnc2c1[nH]c1ccc(C)cc12. The van der Waals surface area contributed by atoms with Gasteiger partial charge in [-0.15, -0.1) is 0 Å². The highest BCUT2D eigenvalue weighted by Gasteiger charge is 2.16. The van der Waals surface area contributed by atoms with E-state index in [2.05, 4.69) is 26.3 Å². The molecule has 152 valence electrons. The molecule has 4 aromatic rings. The number of fused-ring (bicyclic) bond motifs is 3. The molecule has 30 heavy (non-hydrogen) atoms. The van der Waals surface area contributed by atoms with E-state index in [9.17, 15) is 9.59 Å². The van der Waals surface area contributed by atoms with Gasteiger partial charge in [-0.2, -0.15) is 0 Å². The molecule has 2 heterocycles. The van der Waals surface area contributed by atoms with Crippen molar-refractivity contribution in [2.45, 2.75) is 18.9 Å².